The van der Waals surface area contributed by atoms with Gasteiger partial charge in [-0.25, -0.2) is 38.9 Å². The van der Waals surface area contributed by atoms with E-state index in [1.807, 2.05) is 18.2 Å². The number of aromatic nitrogens is 2. The number of carbonyl (C=O) groups excluding carboxylic acids is 4. The van der Waals surface area contributed by atoms with Crippen molar-refractivity contribution in [1.82, 2.24) is 19.8 Å². The molecule has 0 saturated heterocycles. The molecule has 0 unspecified atom stereocenters. The quantitative estimate of drug-likeness (QED) is 0.179. The summed E-state index contributed by atoms with van der Waals surface area (Å²) >= 11 is 9.00. The van der Waals surface area contributed by atoms with Crippen LogP contribution in [0.4, 0.5) is 32.3 Å². The van der Waals surface area contributed by atoms with E-state index < -0.39 is 58.8 Å². The molecule has 0 atom stereocenters. The van der Waals surface area contributed by atoms with E-state index in [4.69, 9.17) is 18.9 Å². The minimum absolute atomic E-state index is 0.0568. The molecule has 0 N–H and O–H groups in total. The maximum Gasteiger partial charge on any atom is 0.451 e. The highest BCUT2D eigenvalue weighted by molar-refractivity contribution is 14.1. The van der Waals surface area contributed by atoms with E-state index in [0.29, 0.717) is 21.2 Å². The Balaban J connectivity index is 0.000000414. The first-order valence-electron chi connectivity index (χ1n) is 17.3. The smallest absolute Gasteiger partial charge is 0.443 e. The summed E-state index contributed by atoms with van der Waals surface area (Å²) in [6, 6.07) is 10.6. The lowest BCUT2D eigenvalue weighted by atomic mass is 10.1. The minimum Gasteiger partial charge on any atom is -0.443 e. The number of carbonyl (C=O) groups is 4. The summed E-state index contributed by atoms with van der Waals surface area (Å²) in [4.78, 5) is 59.0. The van der Waals surface area contributed by atoms with Crippen molar-refractivity contribution in [1.29, 1.82) is 0 Å². The average Bonchev–Trinajstić information content (AvgIpc) is 3.01. The van der Waals surface area contributed by atoms with Crippen LogP contribution in [0.15, 0.2) is 57.7 Å². The van der Waals surface area contributed by atoms with Gasteiger partial charge in [0.15, 0.2) is 0 Å². The lowest BCUT2D eigenvalue weighted by Crippen LogP contribution is -2.43. The first-order valence-corrected chi connectivity index (χ1v) is 20.0. The lowest BCUT2D eigenvalue weighted by molar-refractivity contribution is -0.145. The summed E-state index contributed by atoms with van der Waals surface area (Å²) < 4.78 is 62.0. The van der Waals surface area contributed by atoms with Gasteiger partial charge >= 0.3 is 30.5 Å². The molecule has 314 valence electrons. The molecule has 12 nitrogen and oxygen atoms in total. The van der Waals surface area contributed by atoms with Crippen LogP contribution >= 0.6 is 54.5 Å². The lowest BCUT2D eigenvalue weighted by Gasteiger charge is -2.29. The van der Waals surface area contributed by atoms with Crippen LogP contribution in [-0.4, -0.2) is 66.5 Å². The average molecular weight is 1040 g/mol. The maximum absolute atomic E-state index is 12.7. The van der Waals surface area contributed by atoms with E-state index in [9.17, 15) is 32.3 Å². The summed E-state index contributed by atoms with van der Waals surface area (Å²) in [7, 11) is 0. The van der Waals surface area contributed by atoms with Crippen LogP contribution in [0.2, 0.25) is 0 Å². The molecule has 0 radical (unpaired) electrons. The molecule has 0 bridgehead atoms. The number of nitrogens with zero attached hydrogens (tertiary/aromatic N) is 4. The zero-order valence-electron chi connectivity index (χ0n) is 33.9. The zero-order chi connectivity index (χ0) is 43.9. The van der Waals surface area contributed by atoms with Crippen LogP contribution < -0.4 is 0 Å². The number of imide groups is 2. The summed E-state index contributed by atoms with van der Waals surface area (Å²) in [5.74, 6) is -1.25. The highest BCUT2D eigenvalue weighted by Gasteiger charge is 2.35. The predicted molar refractivity (Wildman–Crippen MR) is 223 cm³/mol. The molecule has 0 aliphatic heterocycles. The Kier molecular flexibility index (Phi) is 17.0. The molecule has 18 heteroatoms. The highest BCUT2D eigenvalue weighted by Crippen LogP contribution is 2.30. The second kappa shape index (κ2) is 19.5. The van der Waals surface area contributed by atoms with Gasteiger partial charge in [-0.3, -0.25) is 0 Å². The minimum atomic E-state index is -4.65. The van der Waals surface area contributed by atoms with Crippen molar-refractivity contribution in [3.05, 3.63) is 78.3 Å². The number of amides is 4. The molecule has 1 aromatic heterocycles. The Morgan fingerprint density at radius 1 is 0.579 bits per heavy atom. The van der Waals surface area contributed by atoms with Gasteiger partial charge in [0.1, 0.15) is 22.4 Å². The molecular weight excluding hydrogens is 996 g/mol. The first-order chi connectivity index (χ1) is 25.7. The Morgan fingerprint density at radius 3 is 1.25 bits per heavy atom. The number of benzene rings is 2. The highest BCUT2D eigenvalue weighted by atomic mass is 127. The molecule has 4 amide bonds. The van der Waals surface area contributed by atoms with Gasteiger partial charge in [0.2, 0.25) is 5.82 Å². The molecule has 57 heavy (non-hydrogen) atoms. The number of rotatable bonds is 5. The van der Waals surface area contributed by atoms with Crippen LogP contribution in [0.5, 0.6) is 0 Å². The van der Waals surface area contributed by atoms with Crippen LogP contribution in [-0.2, 0) is 38.2 Å². The third-order valence-corrected chi connectivity index (χ3v) is 8.62. The topological polar surface area (TPSA) is 137 Å². The Labute approximate surface area is 361 Å². The summed E-state index contributed by atoms with van der Waals surface area (Å²) in [6.45, 7) is 20.3. The van der Waals surface area contributed by atoms with E-state index in [0.717, 1.165) is 35.8 Å². The van der Waals surface area contributed by atoms with Gasteiger partial charge in [-0.2, -0.15) is 13.2 Å². The predicted octanol–water partition coefficient (Wildman–Crippen LogP) is 12.3. The van der Waals surface area contributed by atoms with Crippen molar-refractivity contribution in [3.63, 3.8) is 0 Å². The Morgan fingerprint density at radius 2 is 0.912 bits per heavy atom. The number of halogens is 6. The molecule has 0 aliphatic carbocycles. The maximum atomic E-state index is 12.7. The van der Waals surface area contributed by atoms with Crippen molar-refractivity contribution in [2.75, 3.05) is 0 Å². The fourth-order valence-corrected chi connectivity index (χ4v) is 5.48. The van der Waals surface area contributed by atoms with Crippen molar-refractivity contribution in [3.8, 4) is 11.1 Å². The standard InChI is InChI=1S/C22H25BrF3N3O4.C17H23BrINO4/c1-20(2,3)32-18(30)29(19(31)33-21(4,5)6)12-14-9-13(7-8-16(14)23)15-10-27-17(28-11-15)22(24,25)26;1-16(2,3)23-14(21)20(15(22)24-17(4,5)6)10-11-9-12(19)7-8-13(11)18/h7-11H,12H2,1-6H3;7-9H,10H2,1-6H3. The summed E-state index contributed by atoms with van der Waals surface area (Å²) in [5, 5.41) is 0. The third kappa shape index (κ3) is 17.9. The monoisotopic (exact) mass is 1040 g/mol. The van der Waals surface area contributed by atoms with E-state index in [2.05, 4.69) is 64.4 Å². The number of hydrogen-bond donors (Lipinski definition) is 0. The van der Waals surface area contributed by atoms with Crippen molar-refractivity contribution in [2.45, 2.75) is 125 Å². The molecule has 2 aromatic carbocycles. The molecule has 0 fully saturated rings. The fraction of sp³-hybridized carbons (Fsp3) is 0.487. The van der Waals surface area contributed by atoms with Gasteiger partial charge in [0.05, 0.1) is 13.1 Å². The fourth-order valence-electron chi connectivity index (χ4n) is 4.18. The van der Waals surface area contributed by atoms with Gasteiger partial charge in [-0.1, -0.05) is 37.9 Å². The van der Waals surface area contributed by atoms with Crippen LogP contribution in [0.25, 0.3) is 11.1 Å². The van der Waals surface area contributed by atoms with Gasteiger partial charge in [-0.05, 0) is 153 Å². The molecule has 1 heterocycles. The second-order valence-corrected chi connectivity index (χ2v) is 19.4. The largest absolute Gasteiger partial charge is 0.451 e. The summed E-state index contributed by atoms with van der Waals surface area (Å²) in [6.07, 6.45) is -5.79. The molecule has 3 rings (SSSR count). The van der Waals surface area contributed by atoms with E-state index in [1.54, 1.807) is 101 Å². The van der Waals surface area contributed by atoms with Gasteiger partial charge in [0.25, 0.3) is 0 Å². The SMILES string of the molecule is CC(C)(C)OC(=O)N(Cc1cc(-c2cnc(C(F)(F)F)nc2)ccc1Br)C(=O)OC(C)(C)C.CC(C)(C)OC(=O)N(Cc1cc(I)ccc1Br)C(=O)OC(C)(C)C. The Hall–Kier alpha value is -3.52. The van der Waals surface area contributed by atoms with Gasteiger partial charge in [-0.15, -0.1) is 0 Å². The number of ether oxygens (including phenoxy) is 4. The molecular formula is C39H48Br2F3IN4O8. The van der Waals surface area contributed by atoms with Crippen LogP contribution in [0, 0.1) is 3.57 Å². The van der Waals surface area contributed by atoms with Crippen LogP contribution in [0.1, 0.15) is 100 Å². The van der Waals surface area contributed by atoms with E-state index >= 15 is 0 Å². The molecule has 3 aromatic rings. The van der Waals surface area contributed by atoms with Gasteiger partial charge < -0.3 is 18.9 Å². The molecule has 0 aliphatic rings. The second-order valence-electron chi connectivity index (χ2n) is 16.4. The summed E-state index contributed by atoms with van der Waals surface area (Å²) in [5.41, 5.74) is -1.02. The zero-order valence-corrected chi connectivity index (χ0v) is 39.2. The first kappa shape index (κ1) is 49.6. The van der Waals surface area contributed by atoms with Crippen molar-refractivity contribution >= 4 is 78.8 Å². The van der Waals surface area contributed by atoms with E-state index in [-0.39, 0.29) is 13.1 Å². The van der Waals surface area contributed by atoms with E-state index in [1.165, 1.54) is 0 Å². The molecule has 0 spiro atoms. The van der Waals surface area contributed by atoms with Crippen LogP contribution in [0.3, 0.4) is 0 Å². The van der Waals surface area contributed by atoms with Crippen molar-refractivity contribution in [2.24, 2.45) is 0 Å². The Bertz CT molecular complexity index is 1850. The van der Waals surface area contributed by atoms with Crippen molar-refractivity contribution < 1.29 is 51.3 Å². The number of alkyl halides is 3. The normalized spacial score (nSPS) is 12.1. The van der Waals surface area contributed by atoms with Gasteiger partial charge in [0, 0.05) is 30.5 Å². The third-order valence-electron chi connectivity index (χ3n) is 6.40. The molecule has 0 saturated carbocycles. The number of hydrogen-bond acceptors (Lipinski definition) is 10.